The Labute approximate surface area is 150 Å². The molecular weight excluding hydrogens is 344 g/mol. The fourth-order valence-electron chi connectivity index (χ4n) is 2.96. The van der Waals surface area contributed by atoms with Gasteiger partial charge in [0.2, 0.25) is 11.8 Å². The van der Waals surface area contributed by atoms with Crippen molar-refractivity contribution in [3.05, 3.63) is 41.2 Å². The van der Waals surface area contributed by atoms with Crippen molar-refractivity contribution in [1.29, 1.82) is 0 Å². The van der Waals surface area contributed by atoms with Gasteiger partial charge in [0.05, 0.1) is 30.3 Å². The van der Waals surface area contributed by atoms with E-state index in [-0.39, 0.29) is 24.2 Å². The lowest BCUT2D eigenvalue weighted by Gasteiger charge is -2.21. The van der Waals surface area contributed by atoms with Gasteiger partial charge >= 0.3 is 0 Å². The van der Waals surface area contributed by atoms with Crippen LogP contribution in [-0.4, -0.2) is 47.6 Å². The molecule has 1 saturated heterocycles. The van der Waals surface area contributed by atoms with E-state index in [1.54, 1.807) is 41.2 Å². The van der Waals surface area contributed by atoms with Crippen LogP contribution in [0, 0.1) is 5.92 Å². The highest BCUT2D eigenvalue weighted by Gasteiger charge is 2.36. The number of amides is 2. The van der Waals surface area contributed by atoms with Gasteiger partial charge in [0.25, 0.3) is 0 Å². The van der Waals surface area contributed by atoms with E-state index in [0.29, 0.717) is 29.5 Å². The van der Waals surface area contributed by atoms with Crippen LogP contribution >= 0.6 is 11.6 Å². The Bertz CT molecular complexity index is 778. The molecule has 0 spiro atoms. The van der Waals surface area contributed by atoms with E-state index in [0.717, 1.165) is 5.69 Å². The minimum Gasteiger partial charge on any atom is -0.495 e. The first kappa shape index (κ1) is 17.3. The van der Waals surface area contributed by atoms with Crippen molar-refractivity contribution in [2.45, 2.75) is 13.0 Å². The van der Waals surface area contributed by atoms with Crippen LogP contribution < -0.4 is 9.64 Å². The number of carbonyl (C=O) groups is 2. The zero-order valence-corrected chi connectivity index (χ0v) is 14.8. The van der Waals surface area contributed by atoms with Crippen LogP contribution in [0.25, 0.3) is 0 Å². The first-order valence-corrected chi connectivity index (χ1v) is 8.24. The zero-order valence-electron chi connectivity index (χ0n) is 14.0. The average molecular weight is 363 g/mol. The predicted molar refractivity (Wildman–Crippen MR) is 93.5 cm³/mol. The lowest BCUT2D eigenvalue weighted by atomic mass is 10.1. The van der Waals surface area contributed by atoms with Crippen LogP contribution in [0.1, 0.15) is 12.1 Å². The van der Waals surface area contributed by atoms with Crippen LogP contribution in [0.15, 0.2) is 30.5 Å². The number of methoxy groups -OCH3 is 1. The molecule has 8 heteroatoms. The molecular formula is C17H19ClN4O3. The second-order valence-electron chi connectivity index (χ2n) is 6.00. The zero-order chi connectivity index (χ0) is 18.0. The molecule has 1 aromatic carbocycles. The molecule has 2 heterocycles. The van der Waals surface area contributed by atoms with Crippen molar-refractivity contribution >= 4 is 29.1 Å². The number of nitrogens with one attached hydrogen (secondary N) is 1. The van der Waals surface area contributed by atoms with E-state index in [2.05, 4.69) is 10.2 Å². The van der Waals surface area contributed by atoms with Crippen molar-refractivity contribution in [2.75, 3.05) is 25.6 Å². The van der Waals surface area contributed by atoms with E-state index >= 15 is 0 Å². The SMILES string of the molecule is COc1ccc(N2CC(C(=O)N(C)Cc3ccn[nH]3)CC2=O)cc1Cl. The van der Waals surface area contributed by atoms with E-state index in [9.17, 15) is 9.59 Å². The topological polar surface area (TPSA) is 78.5 Å². The molecule has 0 bridgehead atoms. The number of carbonyl (C=O) groups excluding carboxylic acids is 2. The summed E-state index contributed by atoms with van der Waals surface area (Å²) in [4.78, 5) is 28.2. The molecule has 1 unspecified atom stereocenters. The minimum absolute atomic E-state index is 0.0648. The Hall–Kier alpha value is -2.54. The number of hydrogen-bond acceptors (Lipinski definition) is 4. The van der Waals surface area contributed by atoms with Crippen LogP contribution in [-0.2, 0) is 16.1 Å². The van der Waals surface area contributed by atoms with Crippen LogP contribution in [0.2, 0.25) is 5.02 Å². The van der Waals surface area contributed by atoms with Gasteiger partial charge in [-0.05, 0) is 24.3 Å². The molecule has 0 saturated carbocycles. The third-order valence-corrected chi connectivity index (χ3v) is 4.56. The molecule has 2 aromatic rings. The van der Waals surface area contributed by atoms with E-state index in [4.69, 9.17) is 16.3 Å². The van der Waals surface area contributed by atoms with Crippen molar-refractivity contribution in [2.24, 2.45) is 5.92 Å². The third-order valence-electron chi connectivity index (χ3n) is 4.26. The lowest BCUT2D eigenvalue weighted by Crippen LogP contribution is -2.34. The van der Waals surface area contributed by atoms with Gasteiger partial charge in [-0.25, -0.2) is 0 Å². The average Bonchev–Trinajstić information content (AvgIpc) is 3.23. The molecule has 7 nitrogen and oxygen atoms in total. The van der Waals surface area contributed by atoms with Crippen LogP contribution in [0.3, 0.4) is 0 Å². The van der Waals surface area contributed by atoms with Gasteiger partial charge in [-0.1, -0.05) is 11.6 Å². The van der Waals surface area contributed by atoms with Crippen molar-refractivity contribution < 1.29 is 14.3 Å². The maximum Gasteiger partial charge on any atom is 0.228 e. The highest BCUT2D eigenvalue weighted by Crippen LogP contribution is 2.32. The minimum atomic E-state index is -0.374. The summed E-state index contributed by atoms with van der Waals surface area (Å²) in [5.74, 6) is 0.0184. The standard InChI is InChI=1S/C17H19ClN4O3/c1-21(10-12-5-6-19-20-12)17(24)11-7-16(23)22(9-11)13-3-4-15(25-2)14(18)8-13/h3-6,8,11H,7,9-10H2,1-2H3,(H,19,20). The highest BCUT2D eigenvalue weighted by atomic mass is 35.5. The summed E-state index contributed by atoms with van der Waals surface area (Å²) in [6, 6.07) is 6.98. The summed E-state index contributed by atoms with van der Waals surface area (Å²) in [6.45, 7) is 0.769. The quantitative estimate of drug-likeness (QED) is 0.883. The van der Waals surface area contributed by atoms with E-state index < -0.39 is 0 Å². The molecule has 132 valence electrons. The predicted octanol–water partition coefficient (Wildman–Crippen LogP) is 2.08. The molecule has 1 aliphatic heterocycles. The van der Waals surface area contributed by atoms with Gasteiger partial charge in [0.1, 0.15) is 5.75 Å². The van der Waals surface area contributed by atoms with Gasteiger partial charge < -0.3 is 14.5 Å². The Morgan fingerprint density at radius 2 is 2.28 bits per heavy atom. The third kappa shape index (κ3) is 3.61. The first-order chi connectivity index (χ1) is 12.0. The van der Waals surface area contributed by atoms with Crippen molar-refractivity contribution in [3.63, 3.8) is 0 Å². The number of H-pyrrole nitrogens is 1. The molecule has 25 heavy (non-hydrogen) atoms. The summed E-state index contributed by atoms with van der Waals surface area (Å²) >= 11 is 6.14. The molecule has 0 radical (unpaired) electrons. The van der Waals surface area contributed by atoms with Gasteiger partial charge in [0, 0.05) is 31.9 Å². The van der Waals surface area contributed by atoms with E-state index in [1.165, 1.54) is 7.11 Å². The molecule has 1 aliphatic rings. The van der Waals surface area contributed by atoms with Gasteiger partial charge in [-0.15, -0.1) is 0 Å². The number of halogens is 1. The first-order valence-electron chi connectivity index (χ1n) is 7.86. The molecule has 1 fully saturated rings. The summed E-state index contributed by atoms with van der Waals surface area (Å²) in [6.07, 6.45) is 1.83. The van der Waals surface area contributed by atoms with Gasteiger partial charge in [-0.3, -0.25) is 14.7 Å². The number of aromatic nitrogens is 2. The molecule has 0 aliphatic carbocycles. The van der Waals surface area contributed by atoms with Crippen molar-refractivity contribution in [3.8, 4) is 5.75 Å². The van der Waals surface area contributed by atoms with E-state index in [1.807, 2.05) is 6.07 Å². The maximum absolute atomic E-state index is 12.6. The normalized spacial score (nSPS) is 17.0. The summed E-state index contributed by atoms with van der Waals surface area (Å²) in [5.41, 5.74) is 1.52. The number of hydrogen-bond donors (Lipinski definition) is 1. The smallest absolute Gasteiger partial charge is 0.228 e. The highest BCUT2D eigenvalue weighted by molar-refractivity contribution is 6.32. The van der Waals surface area contributed by atoms with Crippen molar-refractivity contribution in [1.82, 2.24) is 15.1 Å². The maximum atomic E-state index is 12.6. The largest absolute Gasteiger partial charge is 0.495 e. The lowest BCUT2D eigenvalue weighted by molar-refractivity contribution is -0.135. The molecule has 1 N–H and O–H groups in total. The molecule has 1 aromatic heterocycles. The van der Waals surface area contributed by atoms with Gasteiger partial charge in [0.15, 0.2) is 0 Å². The number of aromatic amines is 1. The Balaban J connectivity index is 1.69. The monoisotopic (exact) mass is 362 g/mol. The fourth-order valence-corrected chi connectivity index (χ4v) is 3.22. The van der Waals surface area contributed by atoms with Gasteiger partial charge in [-0.2, -0.15) is 5.10 Å². The molecule has 1 atom stereocenters. The number of anilines is 1. The number of ether oxygens (including phenoxy) is 1. The summed E-state index contributed by atoms with van der Waals surface area (Å²) < 4.78 is 5.13. The second-order valence-corrected chi connectivity index (χ2v) is 6.41. The Kier molecular flexibility index (Phi) is 4.94. The second kappa shape index (κ2) is 7.14. The molecule has 3 rings (SSSR count). The fraction of sp³-hybridized carbons (Fsp3) is 0.353. The summed E-state index contributed by atoms with van der Waals surface area (Å²) in [5, 5.41) is 7.13. The summed E-state index contributed by atoms with van der Waals surface area (Å²) in [7, 11) is 3.26. The molecule has 2 amide bonds. The number of benzene rings is 1. The van der Waals surface area contributed by atoms with Crippen LogP contribution in [0.4, 0.5) is 5.69 Å². The number of rotatable bonds is 5. The van der Waals surface area contributed by atoms with Crippen LogP contribution in [0.5, 0.6) is 5.75 Å². The number of nitrogens with zero attached hydrogens (tertiary/aromatic N) is 3. The Morgan fingerprint density at radius 1 is 1.48 bits per heavy atom. The Morgan fingerprint density at radius 3 is 2.92 bits per heavy atom.